The quantitative estimate of drug-likeness (QED) is 0.736. The molecule has 0 aromatic heterocycles. The number of ketones is 2. The van der Waals surface area contributed by atoms with Crippen molar-refractivity contribution in [2.24, 2.45) is 0 Å². The van der Waals surface area contributed by atoms with Crippen molar-refractivity contribution in [1.29, 1.82) is 0 Å². The number of rotatable bonds is 6. The summed E-state index contributed by atoms with van der Waals surface area (Å²) in [7, 11) is 0. The molecule has 0 aliphatic carbocycles. The van der Waals surface area contributed by atoms with Crippen molar-refractivity contribution in [2.75, 3.05) is 0 Å². The second kappa shape index (κ2) is 7.52. The van der Waals surface area contributed by atoms with Gasteiger partial charge in [-0.05, 0) is 28.2 Å². The third-order valence-corrected chi connectivity index (χ3v) is 3.88. The summed E-state index contributed by atoms with van der Waals surface area (Å²) >= 11 is 0. The van der Waals surface area contributed by atoms with E-state index in [1.54, 1.807) is 12.1 Å². The largest absolute Gasteiger partial charge is 0.299 e. The van der Waals surface area contributed by atoms with Crippen molar-refractivity contribution in [3.63, 3.8) is 0 Å². The molecule has 2 aromatic carbocycles. The van der Waals surface area contributed by atoms with E-state index in [2.05, 4.69) is 0 Å². The third-order valence-electron chi connectivity index (χ3n) is 3.88. The van der Waals surface area contributed by atoms with E-state index in [1.165, 1.54) is 6.07 Å². The van der Waals surface area contributed by atoms with E-state index in [4.69, 9.17) is 0 Å². The molecule has 0 saturated carbocycles. The molecule has 0 radical (unpaired) electrons. The standard InChI is InChI=1S/C21H23FO2/c1-21(2,3)19-10-9-16(13-20(19)22)12-18(24)14-17(23)11-15-7-5-4-6-8-15/h4-10,13H,11-12,14H2,1-3H3. The minimum absolute atomic E-state index is 0.0852. The van der Waals surface area contributed by atoms with Gasteiger partial charge < -0.3 is 0 Å². The Kier molecular flexibility index (Phi) is 5.66. The summed E-state index contributed by atoms with van der Waals surface area (Å²) < 4.78 is 14.2. The number of Topliss-reactive ketones (excluding diaryl/α,β-unsaturated/α-hetero) is 2. The third kappa shape index (κ3) is 5.12. The minimum Gasteiger partial charge on any atom is -0.299 e. The Morgan fingerprint density at radius 1 is 0.875 bits per heavy atom. The lowest BCUT2D eigenvalue weighted by molar-refractivity contribution is -0.126. The molecule has 2 nitrogen and oxygen atoms in total. The fourth-order valence-electron chi connectivity index (χ4n) is 2.67. The first-order valence-electron chi connectivity index (χ1n) is 8.12. The van der Waals surface area contributed by atoms with Gasteiger partial charge in [0.1, 0.15) is 17.4 Å². The van der Waals surface area contributed by atoms with E-state index in [-0.39, 0.29) is 42.1 Å². The monoisotopic (exact) mass is 326 g/mol. The zero-order valence-electron chi connectivity index (χ0n) is 14.4. The highest BCUT2D eigenvalue weighted by molar-refractivity contribution is 6.00. The molecule has 0 amide bonds. The molecule has 2 aromatic rings. The number of carbonyl (C=O) groups is 2. The van der Waals surface area contributed by atoms with Crippen LogP contribution < -0.4 is 0 Å². The van der Waals surface area contributed by atoms with Gasteiger partial charge >= 0.3 is 0 Å². The van der Waals surface area contributed by atoms with Crippen molar-refractivity contribution in [2.45, 2.75) is 45.4 Å². The molecule has 126 valence electrons. The molecule has 0 saturated heterocycles. The molecular formula is C21H23FO2. The lowest BCUT2D eigenvalue weighted by atomic mass is 9.86. The average molecular weight is 326 g/mol. The van der Waals surface area contributed by atoms with E-state index in [9.17, 15) is 14.0 Å². The zero-order valence-corrected chi connectivity index (χ0v) is 14.4. The molecule has 24 heavy (non-hydrogen) atoms. The second-order valence-corrected chi connectivity index (χ2v) is 7.16. The number of benzene rings is 2. The maximum absolute atomic E-state index is 14.2. The van der Waals surface area contributed by atoms with Gasteiger partial charge in [-0.1, -0.05) is 63.2 Å². The summed E-state index contributed by atoms with van der Waals surface area (Å²) in [5.74, 6) is -0.597. The molecule has 0 aliphatic heterocycles. The van der Waals surface area contributed by atoms with Gasteiger partial charge in [-0.25, -0.2) is 4.39 Å². The fourth-order valence-corrected chi connectivity index (χ4v) is 2.67. The van der Waals surface area contributed by atoms with Crippen LogP contribution in [0.4, 0.5) is 4.39 Å². The molecule has 0 aliphatic rings. The van der Waals surface area contributed by atoms with Crippen molar-refractivity contribution in [3.05, 3.63) is 71.0 Å². The van der Waals surface area contributed by atoms with Gasteiger partial charge in [-0.15, -0.1) is 0 Å². The maximum Gasteiger partial charge on any atom is 0.144 e. The lowest BCUT2D eigenvalue weighted by Crippen LogP contribution is -2.15. The van der Waals surface area contributed by atoms with Gasteiger partial charge in [0.2, 0.25) is 0 Å². The molecule has 0 atom stereocenters. The first-order valence-corrected chi connectivity index (χ1v) is 8.12. The number of hydrogen-bond donors (Lipinski definition) is 0. The fraction of sp³-hybridized carbons (Fsp3) is 0.333. The van der Waals surface area contributed by atoms with Crippen LogP contribution in [0.3, 0.4) is 0 Å². The molecule has 0 unspecified atom stereocenters. The minimum atomic E-state index is -0.302. The Bertz CT molecular complexity index is 727. The van der Waals surface area contributed by atoms with Crippen LogP contribution in [-0.2, 0) is 27.8 Å². The molecule has 0 fully saturated rings. The lowest BCUT2D eigenvalue weighted by Gasteiger charge is -2.20. The topological polar surface area (TPSA) is 34.1 Å². The van der Waals surface area contributed by atoms with Crippen LogP contribution in [-0.4, -0.2) is 11.6 Å². The summed E-state index contributed by atoms with van der Waals surface area (Å²) in [6, 6.07) is 14.2. The Labute approximate surface area is 142 Å². The molecule has 0 bridgehead atoms. The van der Waals surface area contributed by atoms with Gasteiger partial charge in [0.15, 0.2) is 0 Å². The summed E-state index contributed by atoms with van der Waals surface area (Å²) in [5.41, 5.74) is 1.85. The van der Waals surface area contributed by atoms with Crippen LogP contribution in [0.2, 0.25) is 0 Å². The Morgan fingerprint density at radius 3 is 2.00 bits per heavy atom. The maximum atomic E-state index is 14.2. The average Bonchev–Trinajstić information content (AvgIpc) is 2.46. The number of halogens is 1. The van der Waals surface area contributed by atoms with Crippen LogP contribution in [0, 0.1) is 5.82 Å². The summed E-state index contributed by atoms with van der Waals surface area (Å²) in [6.45, 7) is 5.83. The zero-order chi connectivity index (χ0) is 17.7. The van der Waals surface area contributed by atoms with E-state index in [1.807, 2.05) is 51.1 Å². The highest BCUT2D eigenvalue weighted by Crippen LogP contribution is 2.25. The molecular weight excluding hydrogens is 303 g/mol. The van der Waals surface area contributed by atoms with Crippen LogP contribution in [0.25, 0.3) is 0 Å². The van der Waals surface area contributed by atoms with Gasteiger partial charge in [0.05, 0.1) is 6.42 Å². The van der Waals surface area contributed by atoms with Crippen molar-refractivity contribution >= 4 is 11.6 Å². The number of carbonyl (C=O) groups excluding carboxylic acids is 2. The highest BCUT2D eigenvalue weighted by atomic mass is 19.1. The summed E-state index contributed by atoms with van der Waals surface area (Å²) in [5, 5.41) is 0. The van der Waals surface area contributed by atoms with Crippen LogP contribution in [0.1, 0.15) is 43.9 Å². The Hall–Kier alpha value is -2.29. The van der Waals surface area contributed by atoms with Crippen molar-refractivity contribution < 1.29 is 14.0 Å². The predicted octanol–water partition coefficient (Wildman–Crippen LogP) is 4.44. The molecule has 0 spiro atoms. The molecule has 0 heterocycles. The molecule has 0 N–H and O–H groups in total. The molecule has 2 rings (SSSR count). The summed E-state index contributed by atoms with van der Waals surface area (Å²) in [6.07, 6.45) is 0.226. The Morgan fingerprint density at radius 2 is 1.46 bits per heavy atom. The smallest absolute Gasteiger partial charge is 0.144 e. The van der Waals surface area contributed by atoms with Gasteiger partial charge in [0.25, 0.3) is 0 Å². The van der Waals surface area contributed by atoms with Gasteiger partial charge in [0, 0.05) is 12.8 Å². The van der Waals surface area contributed by atoms with Crippen molar-refractivity contribution in [3.8, 4) is 0 Å². The first-order chi connectivity index (χ1) is 11.3. The van der Waals surface area contributed by atoms with Gasteiger partial charge in [-0.2, -0.15) is 0 Å². The van der Waals surface area contributed by atoms with E-state index >= 15 is 0 Å². The van der Waals surface area contributed by atoms with Crippen LogP contribution >= 0.6 is 0 Å². The predicted molar refractivity (Wildman–Crippen MR) is 93.6 cm³/mol. The van der Waals surface area contributed by atoms with E-state index in [0.29, 0.717) is 11.1 Å². The van der Waals surface area contributed by atoms with Gasteiger partial charge in [-0.3, -0.25) is 9.59 Å². The van der Waals surface area contributed by atoms with E-state index in [0.717, 1.165) is 5.56 Å². The van der Waals surface area contributed by atoms with Crippen molar-refractivity contribution in [1.82, 2.24) is 0 Å². The first kappa shape index (κ1) is 18.1. The second-order valence-electron chi connectivity index (χ2n) is 7.16. The summed E-state index contributed by atoms with van der Waals surface area (Å²) in [4.78, 5) is 24.0. The highest BCUT2D eigenvalue weighted by Gasteiger charge is 2.19. The van der Waals surface area contributed by atoms with Crippen LogP contribution in [0.5, 0.6) is 0 Å². The van der Waals surface area contributed by atoms with E-state index < -0.39 is 0 Å². The van der Waals surface area contributed by atoms with Crippen LogP contribution in [0.15, 0.2) is 48.5 Å². The number of hydrogen-bond acceptors (Lipinski definition) is 2. The Balaban J connectivity index is 1.95. The SMILES string of the molecule is CC(C)(C)c1ccc(CC(=O)CC(=O)Cc2ccccc2)cc1F. The normalized spacial score (nSPS) is 11.3. The molecule has 3 heteroatoms.